The Morgan fingerprint density at radius 3 is 2.31 bits per heavy atom. The molecule has 0 amide bonds. The second-order valence-corrected chi connectivity index (χ2v) is 18.3. The van der Waals surface area contributed by atoms with Crippen molar-refractivity contribution in [2.75, 3.05) is 0 Å². The van der Waals surface area contributed by atoms with E-state index in [9.17, 15) is 2.74 Å². The molecular formula is C48H53N5OPt. The van der Waals surface area contributed by atoms with Crippen molar-refractivity contribution in [3.05, 3.63) is 117 Å². The average molecular weight is 913 g/mol. The number of aliphatic imine (C=N–C) groups is 1. The van der Waals surface area contributed by atoms with Crippen LogP contribution in [0.4, 0.5) is 0 Å². The summed E-state index contributed by atoms with van der Waals surface area (Å²) in [5, 5.41) is 2.16. The fourth-order valence-electron chi connectivity index (χ4n) is 8.50. The molecule has 5 heterocycles. The predicted octanol–water partition coefficient (Wildman–Crippen LogP) is 11.0. The Morgan fingerprint density at radius 1 is 0.873 bits per heavy atom. The van der Waals surface area contributed by atoms with Crippen LogP contribution < -0.4 is 0 Å². The van der Waals surface area contributed by atoms with E-state index in [0.29, 0.717) is 29.4 Å². The molecule has 55 heavy (non-hydrogen) atoms. The number of pyridine rings is 3. The summed E-state index contributed by atoms with van der Waals surface area (Å²) in [5.41, 5.74) is 9.58. The molecule has 0 spiro atoms. The molecular weight excluding hydrogens is 858 g/mol. The van der Waals surface area contributed by atoms with E-state index in [1.165, 1.54) is 5.56 Å². The summed E-state index contributed by atoms with van der Waals surface area (Å²) in [7, 11) is 0. The fraction of sp³-hybridized carbons (Fsp3) is 0.417. The van der Waals surface area contributed by atoms with E-state index >= 15 is 0 Å². The van der Waals surface area contributed by atoms with Gasteiger partial charge >= 0.3 is 21.1 Å². The number of aryl methyl sites for hydroxylation is 2. The molecule has 2 aliphatic rings. The number of fused-ring (bicyclic) bond motifs is 5. The molecule has 0 bridgehead atoms. The van der Waals surface area contributed by atoms with Crippen molar-refractivity contribution in [3.63, 3.8) is 0 Å². The Bertz CT molecular complexity index is 2650. The molecule has 0 saturated carbocycles. The van der Waals surface area contributed by atoms with Gasteiger partial charge in [-0.05, 0) is 108 Å². The summed E-state index contributed by atoms with van der Waals surface area (Å²) in [4.78, 5) is 20.2. The van der Waals surface area contributed by atoms with E-state index in [0.717, 1.165) is 66.7 Å². The number of aromatic nitrogens is 4. The summed E-state index contributed by atoms with van der Waals surface area (Å²) in [6, 6.07) is 24.4. The third-order valence-corrected chi connectivity index (χ3v) is 11.6. The maximum absolute atomic E-state index is 9.71. The van der Waals surface area contributed by atoms with Gasteiger partial charge in [-0.2, -0.15) is 0 Å². The van der Waals surface area contributed by atoms with Crippen LogP contribution in [-0.4, -0.2) is 36.6 Å². The summed E-state index contributed by atoms with van der Waals surface area (Å²) < 4.78 is 28.5. The molecule has 1 aliphatic heterocycles. The third kappa shape index (κ3) is 6.47. The first kappa shape index (κ1) is 36.5. The number of hydrogen-bond acceptors (Lipinski definition) is 5. The SMILES string of the molecule is [2H]C1([2H])c2nc(C)c(C(C)(C)C)c(C)c2C[C@]2(C)OC(c3[c-]c(-n4c5[c-]c(-c6cc(C(C)(C)C)ccn6)ccc5c5cc(C)ccc54)nc(C(C)C)c3)=N[C@@]12C.[Pt+2]. The standard InChI is InChI=1S/C48H53N5O.Pt/c1-27(2)37-21-32(44-52-47(12)26-39-36(25-48(47,13)54-44)29(4)43(30(5)50-39)46(9,10)11)23-42(51-37)53-40-17-14-28(3)20-35(40)34-16-15-31(22-41(34)53)38-24-33(18-19-49-38)45(6,7)8;/h14-21,24,27H,25-26H2,1-13H3;/q-2;+2/t47-,48-;/m0./s1/i26D2;. The molecule has 0 saturated heterocycles. The van der Waals surface area contributed by atoms with Crippen molar-refractivity contribution in [1.82, 2.24) is 19.5 Å². The Kier molecular flexibility index (Phi) is 8.77. The van der Waals surface area contributed by atoms with Gasteiger partial charge in [-0.3, -0.25) is 9.97 Å². The monoisotopic (exact) mass is 912 g/mol. The summed E-state index contributed by atoms with van der Waals surface area (Å²) >= 11 is 0. The van der Waals surface area contributed by atoms with E-state index in [1.807, 2.05) is 33.0 Å². The fourth-order valence-corrected chi connectivity index (χ4v) is 8.50. The van der Waals surface area contributed by atoms with Crippen molar-refractivity contribution in [2.45, 2.75) is 131 Å². The normalized spacial score (nSPS) is 21.1. The molecule has 0 fully saturated rings. The van der Waals surface area contributed by atoms with Gasteiger partial charge in [0, 0.05) is 38.6 Å². The zero-order valence-corrected chi connectivity index (χ0v) is 36.7. The Hall–Kier alpha value is -4.15. The zero-order chi connectivity index (χ0) is 40.5. The van der Waals surface area contributed by atoms with E-state index in [-0.39, 0.29) is 37.8 Å². The molecule has 7 heteroatoms. The van der Waals surface area contributed by atoms with Gasteiger partial charge in [0.2, 0.25) is 0 Å². The molecule has 0 unspecified atom stereocenters. The zero-order valence-electron chi connectivity index (χ0n) is 36.4. The quantitative estimate of drug-likeness (QED) is 0.165. The first-order valence-electron chi connectivity index (χ1n) is 20.2. The Morgan fingerprint density at radius 2 is 1.62 bits per heavy atom. The van der Waals surface area contributed by atoms with Gasteiger partial charge < -0.3 is 19.3 Å². The molecule has 8 rings (SSSR count). The van der Waals surface area contributed by atoms with Gasteiger partial charge in [-0.1, -0.05) is 84.5 Å². The molecule has 0 N–H and O–H groups in total. The van der Waals surface area contributed by atoms with Gasteiger partial charge in [-0.15, -0.1) is 41.5 Å². The maximum atomic E-state index is 9.71. The van der Waals surface area contributed by atoms with E-state index in [4.69, 9.17) is 24.7 Å². The predicted molar refractivity (Wildman–Crippen MR) is 221 cm³/mol. The van der Waals surface area contributed by atoms with Crippen LogP contribution >= 0.6 is 0 Å². The van der Waals surface area contributed by atoms with Crippen molar-refractivity contribution >= 4 is 27.7 Å². The molecule has 6 aromatic rings. The van der Waals surface area contributed by atoms with Gasteiger partial charge in [0.1, 0.15) is 11.5 Å². The summed E-state index contributed by atoms with van der Waals surface area (Å²) in [6.45, 7) is 27.6. The largest absolute Gasteiger partial charge is 2.00 e. The molecule has 0 radical (unpaired) electrons. The van der Waals surface area contributed by atoms with E-state index in [2.05, 4.69) is 128 Å². The third-order valence-electron chi connectivity index (χ3n) is 11.6. The molecule has 6 nitrogen and oxygen atoms in total. The maximum Gasteiger partial charge on any atom is 2.00 e. The van der Waals surface area contributed by atoms with Crippen molar-refractivity contribution in [1.29, 1.82) is 0 Å². The van der Waals surface area contributed by atoms with Gasteiger partial charge in [0.05, 0.1) is 11.4 Å². The second kappa shape index (κ2) is 13.2. The summed E-state index contributed by atoms with van der Waals surface area (Å²) in [6.07, 6.45) is 0.454. The van der Waals surface area contributed by atoms with Gasteiger partial charge in [0.15, 0.2) is 0 Å². The molecule has 286 valence electrons. The van der Waals surface area contributed by atoms with Gasteiger partial charge in [0.25, 0.3) is 0 Å². The topological polar surface area (TPSA) is 65.2 Å². The first-order chi connectivity index (χ1) is 26.0. The van der Waals surface area contributed by atoms with Crippen molar-refractivity contribution < 1.29 is 28.5 Å². The van der Waals surface area contributed by atoms with Crippen LogP contribution in [0.25, 0.3) is 38.9 Å². The minimum Gasteiger partial charge on any atom is -0.526 e. The number of hydrogen-bond donors (Lipinski definition) is 0. The molecule has 1 aliphatic carbocycles. The summed E-state index contributed by atoms with van der Waals surface area (Å²) in [5.74, 6) is 1.05. The second-order valence-electron chi connectivity index (χ2n) is 18.3. The number of nitrogens with zero attached hydrogens (tertiary/aromatic N) is 5. The minimum atomic E-state index is -1.91. The number of benzene rings is 2. The minimum absolute atomic E-state index is 0. The molecule has 2 atom stereocenters. The number of rotatable bonds is 4. The average Bonchev–Trinajstić information content (AvgIpc) is 3.59. The van der Waals surface area contributed by atoms with Crippen molar-refractivity contribution in [3.8, 4) is 17.1 Å². The van der Waals surface area contributed by atoms with Crippen LogP contribution in [0.1, 0.15) is 128 Å². The molecule has 4 aromatic heterocycles. The van der Waals surface area contributed by atoms with Crippen LogP contribution in [0.3, 0.4) is 0 Å². The Balaban J connectivity index is 0.00000496. The van der Waals surface area contributed by atoms with Gasteiger partial charge in [-0.25, -0.2) is 0 Å². The van der Waals surface area contributed by atoms with Crippen LogP contribution in [0, 0.1) is 32.9 Å². The molecule has 2 aromatic carbocycles. The number of ether oxygens (including phenoxy) is 1. The van der Waals surface area contributed by atoms with E-state index in [1.54, 1.807) is 0 Å². The smallest absolute Gasteiger partial charge is 0.526 e. The Labute approximate surface area is 344 Å². The van der Waals surface area contributed by atoms with Crippen LogP contribution in [-0.2, 0) is 49.4 Å². The van der Waals surface area contributed by atoms with Crippen LogP contribution in [0.15, 0.2) is 59.7 Å². The van der Waals surface area contributed by atoms with Crippen LogP contribution in [0.5, 0.6) is 0 Å². The van der Waals surface area contributed by atoms with Crippen molar-refractivity contribution in [2.24, 2.45) is 4.99 Å². The first-order valence-corrected chi connectivity index (χ1v) is 19.2. The van der Waals surface area contributed by atoms with Crippen LogP contribution in [0.2, 0.25) is 0 Å². The van der Waals surface area contributed by atoms with E-state index < -0.39 is 17.5 Å².